The quantitative estimate of drug-likeness (QED) is 0.398. The van der Waals surface area contributed by atoms with E-state index in [0.29, 0.717) is 24.7 Å². The zero-order chi connectivity index (χ0) is 24.2. The predicted molar refractivity (Wildman–Crippen MR) is 135 cm³/mol. The van der Waals surface area contributed by atoms with E-state index in [0.717, 1.165) is 37.7 Å². The molecule has 2 aliphatic rings. The number of aliphatic hydroxyl groups excluding tert-OH is 2. The summed E-state index contributed by atoms with van der Waals surface area (Å²) in [6, 6.07) is 8.25. The lowest BCUT2D eigenvalue weighted by Gasteiger charge is -2.32. The van der Waals surface area contributed by atoms with Crippen LogP contribution in [-0.4, -0.2) is 45.8 Å². The number of carbonyl (C=O) groups excluding carboxylic acids is 1. The second-order valence-corrected chi connectivity index (χ2v) is 11.2. The molecule has 1 fully saturated rings. The summed E-state index contributed by atoms with van der Waals surface area (Å²) in [6.45, 7) is 8.25. The van der Waals surface area contributed by atoms with Gasteiger partial charge in [0.2, 0.25) is 5.91 Å². The molecule has 1 amide bonds. The summed E-state index contributed by atoms with van der Waals surface area (Å²) in [5.74, 6) is 1.20. The van der Waals surface area contributed by atoms with E-state index < -0.39 is 6.10 Å². The summed E-state index contributed by atoms with van der Waals surface area (Å²) in [5.41, 5.74) is 3.69. The number of hydrogen-bond acceptors (Lipinski definition) is 3. The maximum atomic E-state index is 12.3. The minimum Gasteiger partial charge on any atom is -0.392 e. The molecule has 0 radical (unpaired) electrons. The molecule has 4 nitrogen and oxygen atoms in total. The number of hydrogen-bond donors (Lipinski definition) is 2. The van der Waals surface area contributed by atoms with Crippen molar-refractivity contribution < 1.29 is 15.0 Å². The van der Waals surface area contributed by atoms with Crippen LogP contribution >= 0.6 is 0 Å². The number of aryl methyl sites for hydroxylation is 1. The highest BCUT2D eigenvalue weighted by atomic mass is 16.3. The van der Waals surface area contributed by atoms with Gasteiger partial charge in [0.15, 0.2) is 0 Å². The van der Waals surface area contributed by atoms with Crippen molar-refractivity contribution in [3.63, 3.8) is 0 Å². The monoisotopic (exact) mass is 453 g/mol. The molecule has 0 saturated heterocycles. The first kappa shape index (κ1) is 25.7. The van der Waals surface area contributed by atoms with Gasteiger partial charge in [-0.05, 0) is 77.2 Å². The van der Waals surface area contributed by atoms with Crippen LogP contribution in [0.5, 0.6) is 0 Å². The van der Waals surface area contributed by atoms with Gasteiger partial charge in [0.05, 0.1) is 12.2 Å². The largest absolute Gasteiger partial charge is 0.392 e. The van der Waals surface area contributed by atoms with Gasteiger partial charge in [0.1, 0.15) is 0 Å². The number of amides is 1. The van der Waals surface area contributed by atoms with E-state index in [9.17, 15) is 15.0 Å². The predicted octanol–water partition coefficient (Wildman–Crippen LogP) is 5.22. The zero-order valence-corrected chi connectivity index (χ0v) is 21.1. The number of carbonyl (C=O) groups is 1. The molecule has 5 atom stereocenters. The van der Waals surface area contributed by atoms with Crippen LogP contribution in [0, 0.1) is 24.7 Å². The minimum atomic E-state index is -0.532. The summed E-state index contributed by atoms with van der Waals surface area (Å²) in [6.07, 6.45) is 11.5. The first-order valence-electron chi connectivity index (χ1n) is 12.6. The van der Waals surface area contributed by atoms with E-state index >= 15 is 0 Å². The third kappa shape index (κ3) is 7.04. The maximum absolute atomic E-state index is 12.3. The summed E-state index contributed by atoms with van der Waals surface area (Å²) in [7, 11) is 1.89. The average Bonchev–Trinajstić information content (AvgIpc) is 3.24. The molecule has 4 heteroatoms. The first-order chi connectivity index (χ1) is 15.5. The second kappa shape index (κ2) is 11.0. The van der Waals surface area contributed by atoms with Crippen LogP contribution < -0.4 is 0 Å². The van der Waals surface area contributed by atoms with Crippen molar-refractivity contribution in [2.24, 2.45) is 17.8 Å². The van der Waals surface area contributed by atoms with Gasteiger partial charge in [-0.2, -0.15) is 0 Å². The van der Waals surface area contributed by atoms with Crippen molar-refractivity contribution >= 4 is 5.91 Å². The molecular weight excluding hydrogens is 410 g/mol. The second-order valence-electron chi connectivity index (χ2n) is 11.2. The molecule has 0 spiro atoms. The molecule has 0 heterocycles. The van der Waals surface area contributed by atoms with Gasteiger partial charge >= 0.3 is 0 Å². The number of aliphatic hydroxyl groups is 2. The van der Waals surface area contributed by atoms with Gasteiger partial charge in [-0.25, -0.2) is 0 Å². The smallest absolute Gasteiger partial charge is 0.222 e. The Balaban J connectivity index is 1.45. The van der Waals surface area contributed by atoms with Gasteiger partial charge < -0.3 is 15.1 Å². The van der Waals surface area contributed by atoms with Crippen LogP contribution in [0.1, 0.15) is 70.4 Å². The fourth-order valence-corrected chi connectivity index (χ4v) is 5.37. The maximum Gasteiger partial charge on any atom is 0.222 e. The Hall–Kier alpha value is -1.91. The van der Waals surface area contributed by atoms with E-state index in [1.807, 2.05) is 30.2 Å². The van der Waals surface area contributed by atoms with Crippen LogP contribution in [0.2, 0.25) is 0 Å². The fourth-order valence-electron chi connectivity index (χ4n) is 5.37. The molecule has 182 valence electrons. The van der Waals surface area contributed by atoms with Crippen molar-refractivity contribution in [1.82, 2.24) is 4.90 Å². The third-order valence-electron chi connectivity index (χ3n) is 7.55. The Morgan fingerprint density at radius 3 is 2.73 bits per heavy atom. The molecule has 0 aliphatic heterocycles. The molecule has 0 bridgehead atoms. The number of allylic oxidation sites excluding steroid dienone is 2. The average molecular weight is 454 g/mol. The topological polar surface area (TPSA) is 60.8 Å². The molecule has 1 saturated carbocycles. The summed E-state index contributed by atoms with van der Waals surface area (Å²) in [5, 5.41) is 21.1. The van der Waals surface area contributed by atoms with E-state index in [1.165, 1.54) is 11.1 Å². The molecule has 1 aromatic carbocycles. The van der Waals surface area contributed by atoms with E-state index in [1.54, 1.807) is 0 Å². The number of fused-ring (bicyclic) bond motifs is 1. The lowest BCUT2D eigenvalue weighted by molar-refractivity contribution is -0.134. The van der Waals surface area contributed by atoms with E-state index in [-0.39, 0.29) is 23.5 Å². The minimum absolute atomic E-state index is 0.109. The van der Waals surface area contributed by atoms with Gasteiger partial charge in [-0.1, -0.05) is 53.6 Å². The molecule has 3 rings (SSSR count). The Morgan fingerprint density at radius 2 is 2.03 bits per heavy atom. The normalized spacial score (nSPS) is 25.8. The summed E-state index contributed by atoms with van der Waals surface area (Å²) in [4.78, 5) is 14.2. The van der Waals surface area contributed by atoms with Gasteiger partial charge in [0.25, 0.3) is 0 Å². The Morgan fingerprint density at radius 1 is 1.27 bits per heavy atom. The number of benzene rings is 1. The molecule has 2 aliphatic carbocycles. The Kier molecular flexibility index (Phi) is 8.58. The highest BCUT2D eigenvalue weighted by Gasteiger charge is 2.43. The molecule has 2 N–H and O–H groups in total. The standard InChI is InChI=1S/C29H43NO3/c1-20-9-8-11-21(15-20)17-24(31)13-14-25-26-18-22(16-23(26)19-27(25)32)10-6-7-12-28(33)30(5)29(2,3)4/h8-9,11,13-16,23-27,31-32H,6-7,10,12,17-19H2,1-5H3/t23-,24+,25+,26-,27+/m0/s1. The Labute approximate surface area is 200 Å². The van der Waals surface area contributed by atoms with Crippen molar-refractivity contribution in [2.75, 3.05) is 7.05 Å². The van der Waals surface area contributed by atoms with Gasteiger partial charge in [0, 0.05) is 31.3 Å². The molecule has 1 aromatic rings. The number of unbranched alkanes of at least 4 members (excludes halogenated alkanes) is 1. The van der Waals surface area contributed by atoms with Crippen molar-refractivity contribution in [2.45, 2.75) is 90.4 Å². The molecule has 0 aromatic heterocycles. The van der Waals surface area contributed by atoms with Crippen molar-refractivity contribution in [1.29, 1.82) is 0 Å². The van der Waals surface area contributed by atoms with Gasteiger partial charge in [-0.15, -0.1) is 0 Å². The molecule has 33 heavy (non-hydrogen) atoms. The van der Waals surface area contributed by atoms with E-state index in [4.69, 9.17) is 0 Å². The molecular formula is C29H43NO3. The van der Waals surface area contributed by atoms with Crippen LogP contribution in [-0.2, 0) is 11.2 Å². The lowest BCUT2D eigenvalue weighted by atomic mass is 9.88. The van der Waals surface area contributed by atoms with Crippen LogP contribution in [0.3, 0.4) is 0 Å². The zero-order valence-electron chi connectivity index (χ0n) is 21.1. The van der Waals surface area contributed by atoms with Gasteiger partial charge in [-0.3, -0.25) is 4.79 Å². The van der Waals surface area contributed by atoms with Crippen molar-refractivity contribution in [3.8, 4) is 0 Å². The summed E-state index contributed by atoms with van der Waals surface area (Å²) < 4.78 is 0. The summed E-state index contributed by atoms with van der Waals surface area (Å²) >= 11 is 0. The number of rotatable bonds is 9. The van der Waals surface area contributed by atoms with Crippen LogP contribution in [0.15, 0.2) is 48.1 Å². The highest BCUT2D eigenvalue weighted by molar-refractivity contribution is 5.76. The lowest BCUT2D eigenvalue weighted by Crippen LogP contribution is -2.42. The molecule has 0 unspecified atom stereocenters. The Bertz CT molecular complexity index is 866. The SMILES string of the molecule is Cc1cccc(C[C@H](O)C=C[C@@H]2[C@H]3CC(CCCCC(=O)N(C)C(C)(C)C)=C[C@H]3C[C@H]2O)c1. The number of nitrogens with zero attached hydrogens (tertiary/aromatic N) is 1. The highest BCUT2D eigenvalue weighted by Crippen LogP contribution is 2.48. The van der Waals surface area contributed by atoms with Crippen LogP contribution in [0.4, 0.5) is 0 Å². The van der Waals surface area contributed by atoms with E-state index in [2.05, 4.69) is 52.0 Å². The van der Waals surface area contributed by atoms with Crippen LogP contribution in [0.25, 0.3) is 0 Å². The first-order valence-corrected chi connectivity index (χ1v) is 12.6. The third-order valence-corrected chi connectivity index (χ3v) is 7.55. The van der Waals surface area contributed by atoms with Crippen molar-refractivity contribution in [3.05, 3.63) is 59.2 Å². The fraction of sp³-hybridized carbons (Fsp3) is 0.621.